The van der Waals surface area contributed by atoms with E-state index in [9.17, 15) is 14.7 Å². The van der Waals surface area contributed by atoms with E-state index in [1.54, 1.807) is 31.5 Å². The molecule has 1 aromatic heterocycles. The standard InChI is InChI=1S/C15H16N2O3S/c1-9-3-4-10(2)13(15(19)20)12(9)14(18)16-6-5-11-7-21-8-17-11/h3-4,7-8H,5-6H2,1-2H3,(H,16,18)(H,19,20). The molecule has 110 valence electrons. The van der Waals surface area contributed by atoms with Crippen molar-refractivity contribution in [3.8, 4) is 0 Å². The maximum atomic E-state index is 12.3. The Bertz CT molecular complexity index is 666. The number of carbonyl (C=O) groups is 2. The average Bonchev–Trinajstić information content (AvgIpc) is 2.93. The summed E-state index contributed by atoms with van der Waals surface area (Å²) in [5.74, 6) is -1.44. The number of thiazole rings is 1. The van der Waals surface area contributed by atoms with Crippen molar-refractivity contribution in [2.24, 2.45) is 0 Å². The number of aromatic carboxylic acids is 1. The highest BCUT2D eigenvalue weighted by molar-refractivity contribution is 7.07. The van der Waals surface area contributed by atoms with E-state index in [1.165, 1.54) is 11.3 Å². The Morgan fingerprint density at radius 2 is 1.90 bits per heavy atom. The van der Waals surface area contributed by atoms with Gasteiger partial charge in [0.2, 0.25) is 0 Å². The van der Waals surface area contributed by atoms with Crippen molar-refractivity contribution in [3.05, 3.63) is 51.0 Å². The predicted octanol–water partition coefficient (Wildman–Crippen LogP) is 2.43. The summed E-state index contributed by atoms with van der Waals surface area (Å²) in [6.45, 7) is 3.85. The molecule has 0 atom stereocenters. The summed E-state index contributed by atoms with van der Waals surface area (Å²) in [7, 11) is 0. The minimum absolute atomic E-state index is 0.0705. The highest BCUT2D eigenvalue weighted by atomic mass is 32.1. The van der Waals surface area contributed by atoms with Crippen molar-refractivity contribution in [3.63, 3.8) is 0 Å². The summed E-state index contributed by atoms with van der Waals surface area (Å²) >= 11 is 1.50. The number of hydrogen-bond acceptors (Lipinski definition) is 4. The molecule has 0 aliphatic rings. The molecular weight excluding hydrogens is 288 g/mol. The Labute approximate surface area is 126 Å². The van der Waals surface area contributed by atoms with Crippen LogP contribution in [0.3, 0.4) is 0 Å². The van der Waals surface area contributed by atoms with Crippen LogP contribution in [0, 0.1) is 13.8 Å². The first-order valence-corrected chi connectivity index (χ1v) is 7.43. The van der Waals surface area contributed by atoms with Crippen LogP contribution in [0.25, 0.3) is 0 Å². The van der Waals surface area contributed by atoms with Gasteiger partial charge in [-0.2, -0.15) is 0 Å². The number of nitrogens with one attached hydrogen (secondary N) is 1. The third-order valence-corrected chi connectivity index (χ3v) is 3.85. The fourth-order valence-electron chi connectivity index (χ4n) is 2.13. The van der Waals surface area contributed by atoms with Gasteiger partial charge in [-0.3, -0.25) is 4.79 Å². The monoisotopic (exact) mass is 304 g/mol. The van der Waals surface area contributed by atoms with Gasteiger partial charge in [0.1, 0.15) is 0 Å². The molecule has 2 N–H and O–H groups in total. The average molecular weight is 304 g/mol. The minimum atomic E-state index is -1.08. The molecule has 0 aliphatic carbocycles. The molecule has 1 amide bonds. The van der Waals surface area contributed by atoms with Crippen LogP contribution in [0.2, 0.25) is 0 Å². The van der Waals surface area contributed by atoms with E-state index in [4.69, 9.17) is 0 Å². The summed E-state index contributed by atoms with van der Waals surface area (Å²) in [6.07, 6.45) is 0.627. The fraction of sp³-hybridized carbons (Fsp3) is 0.267. The maximum absolute atomic E-state index is 12.3. The molecule has 0 bridgehead atoms. The first-order valence-electron chi connectivity index (χ1n) is 6.49. The molecule has 2 aromatic rings. The van der Waals surface area contributed by atoms with Crippen molar-refractivity contribution < 1.29 is 14.7 Å². The third-order valence-electron chi connectivity index (χ3n) is 3.21. The Morgan fingerprint density at radius 1 is 1.24 bits per heavy atom. The first kappa shape index (κ1) is 15.2. The molecule has 6 heteroatoms. The molecule has 0 saturated heterocycles. The number of aromatic nitrogens is 1. The van der Waals surface area contributed by atoms with Gasteiger partial charge in [0.15, 0.2) is 0 Å². The van der Waals surface area contributed by atoms with Crippen molar-refractivity contribution in [2.45, 2.75) is 20.3 Å². The maximum Gasteiger partial charge on any atom is 0.336 e. The fourth-order valence-corrected chi connectivity index (χ4v) is 2.73. The smallest absolute Gasteiger partial charge is 0.336 e. The SMILES string of the molecule is Cc1ccc(C)c(C(=O)NCCc2cscn2)c1C(=O)O. The van der Waals surface area contributed by atoms with Crippen LogP contribution in [-0.4, -0.2) is 28.5 Å². The lowest BCUT2D eigenvalue weighted by Gasteiger charge is -2.12. The first-order chi connectivity index (χ1) is 10.0. The van der Waals surface area contributed by atoms with Crippen LogP contribution >= 0.6 is 11.3 Å². The lowest BCUT2D eigenvalue weighted by molar-refractivity contribution is 0.0690. The molecule has 2 rings (SSSR count). The number of nitrogens with zero attached hydrogens (tertiary/aromatic N) is 1. The molecule has 21 heavy (non-hydrogen) atoms. The number of carboxylic acid groups (broad SMARTS) is 1. The third kappa shape index (κ3) is 3.46. The number of hydrogen-bond donors (Lipinski definition) is 2. The Balaban J connectivity index is 2.15. The van der Waals surface area contributed by atoms with Crippen LogP contribution in [0.5, 0.6) is 0 Å². The topological polar surface area (TPSA) is 79.3 Å². The summed E-state index contributed by atoms with van der Waals surface area (Å²) in [5.41, 5.74) is 4.20. The van der Waals surface area contributed by atoms with Gasteiger partial charge in [0.05, 0.1) is 22.3 Å². The summed E-state index contributed by atoms with van der Waals surface area (Å²) in [5, 5.41) is 14.0. The second kappa shape index (κ2) is 6.49. The molecule has 0 unspecified atom stereocenters. The molecule has 0 radical (unpaired) electrons. The predicted molar refractivity (Wildman–Crippen MR) is 81.0 cm³/mol. The van der Waals surface area contributed by atoms with E-state index in [2.05, 4.69) is 10.3 Å². The molecule has 0 spiro atoms. The Hall–Kier alpha value is -2.21. The molecule has 0 fully saturated rings. The van der Waals surface area contributed by atoms with E-state index in [1.807, 2.05) is 5.38 Å². The molecule has 1 aromatic carbocycles. The number of rotatable bonds is 5. The van der Waals surface area contributed by atoms with E-state index in [0.717, 1.165) is 5.69 Å². The molecule has 1 heterocycles. The highest BCUT2D eigenvalue weighted by Crippen LogP contribution is 2.18. The van der Waals surface area contributed by atoms with Gasteiger partial charge in [-0.1, -0.05) is 12.1 Å². The van der Waals surface area contributed by atoms with Gasteiger partial charge in [-0.25, -0.2) is 9.78 Å². The lowest BCUT2D eigenvalue weighted by atomic mass is 9.96. The van der Waals surface area contributed by atoms with Gasteiger partial charge in [-0.15, -0.1) is 11.3 Å². The van der Waals surface area contributed by atoms with Crippen molar-refractivity contribution in [1.29, 1.82) is 0 Å². The van der Waals surface area contributed by atoms with Crippen LogP contribution < -0.4 is 5.32 Å². The summed E-state index contributed by atoms with van der Waals surface area (Å²) < 4.78 is 0. The zero-order valence-electron chi connectivity index (χ0n) is 11.8. The van der Waals surface area contributed by atoms with E-state index >= 15 is 0 Å². The van der Waals surface area contributed by atoms with Crippen molar-refractivity contribution in [1.82, 2.24) is 10.3 Å². The van der Waals surface area contributed by atoms with Crippen LogP contribution in [-0.2, 0) is 6.42 Å². The second-order valence-electron chi connectivity index (χ2n) is 4.74. The van der Waals surface area contributed by atoms with E-state index in [-0.39, 0.29) is 17.0 Å². The zero-order valence-corrected chi connectivity index (χ0v) is 12.7. The van der Waals surface area contributed by atoms with Crippen LogP contribution in [0.15, 0.2) is 23.0 Å². The number of aryl methyl sites for hydroxylation is 2. The number of benzene rings is 1. The Morgan fingerprint density at radius 3 is 2.48 bits per heavy atom. The highest BCUT2D eigenvalue weighted by Gasteiger charge is 2.20. The molecule has 0 saturated carbocycles. The number of amides is 1. The Kier molecular flexibility index (Phi) is 4.70. The normalized spacial score (nSPS) is 10.4. The zero-order chi connectivity index (χ0) is 15.4. The lowest BCUT2D eigenvalue weighted by Crippen LogP contribution is -2.28. The van der Waals surface area contributed by atoms with Crippen LogP contribution in [0.4, 0.5) is 0 Å². The minimum Gasteiger partial charge on any atom is -0.478 e. The van der Waals surface area contributed by atoms with Crippen LogP contribution in [0.1, 0.15) is 37.5 Å². The summed E-state index contributed by atoms with van der Waals surface area (Å²) in [6, 6.07) is 3.47. The van der Waals surface area contributed by atoms with Gasteiger partial charge in [0.25, 0.3) is 5.91 Å². The van der Waals surface area contributed by atoms with Crippen molar-refractivity contribution >= 4 is 23.2 Å². The number of carboxylic acids is 1. The largest absolute Gasteiger partial charge is 0.478 e. The molecule has 5 nitrogen and oxygen atoms in total. The number of carbonyl (C=O) groups excluding carboxylic acids is 1. The summed E-state index contributed by atoms with van der Waals surface area (Å²) in [4.78, 5) is 27.8. The van der Waals surface area contributed by atoms with E-state index < -0.39 is 5.97 Å². The molecular formula is C15H16N2O3S. The molecule has 0 aliphatic heterocycles. The van der Waals surface area contributed by atoms with Gasteiger partial charge < -0.3 is 10.4 Å². The van der Waals surface area contributed by atoms with Gasteiger partial charge in [0, 0.05) is 18.3 Å². The van der Waals surface area contributed by atoms with Gasteiger partial charge >= 0.3 is 5.97 Å². The van der Waals surface area contributed by atoms with Gasteiger partial charge in [-0.05, 0) is 25.0 Å². The quantitative estimate of drug-likeness (QED) is 0.889. The second-order valence-corrected chi connectivity index (χ2v) is 5.46. The van der Waals surface area contributed by atoms with Crippen molar-refractivity contribution in [2.75, 3.05) is 6.54 Å². The van der Waals surface area contributed by atoms with E-state index in [0.29, 0.717) is 24.1 Å².